The molecular weight excluding hydrogens is 268 g/mol. The number of nitrogen functional groups attached to an aromatic ring is 1. The number of nitrogens with zero attached hydrogens (tertiary/aromatic N) is 3. The number of hydrazine groups is 1. The van der Waals surface area contributed by atoms with Crippen LogP contribution in [0.3, 0.4) is 0 Å². The number of nitrogens with one attached hydrogen (secondary N) is 2. The van der Waals surface area contributed by atoms with Crippen molar-refractivity contribution >= 4 is 15.7 Å². The first-order valence-corrected chi connectivity index (χ1v) is 6.89. The normalized spacial score (nSPS) is 11.5. The van der Waals surface area contributed by atoms with Crippen LogP contribution in [0.15, 0.2) is 35.7 Å². The summed E-state index contributed by atoms with van der Waals surface area (Å²) in [6, 6.07) is 1.48. The van der Waals surface area contributed by atoms with Gasteiger partial charge >= 0.3 is 0 Å². The Morgan fingerprint density at radius 1 is 1.42 bits per heavy atom. The number of nitrogens with two attached hydrogens (primary N) is 1. The number of aryl methyl sites for hydroxylation is 1. The molecule has 2 aromatic heterocycles. The quantitative estimate of drug-likeness (QED) is 0.507. The highest BCUT2D eigenvalue weighted by molar-refractivity contribution is 7.89. The molecule has 102 valence electrons. The van der Waals surface area contributed by atoms with Crippen LogP contribution >= 0.6 is 0 Å². The first-order chi connectivity index (χ1) is 9.03. The highest BCUT2D eigenvalue weighted by Crippen LogP contribution is 2.18. The Labute approximate surface area is 110 Å². The van der Waals surface area contributed by atoms with Gasteiger partial charge in [-0.15, -0.1) is 0 Å². The van der Waals surface area contributed by atoms with Crippen molar-refractivity contribution in [3.63, 3.8) is 0 Å². The minimum atomic E-state index is -3.68. The van der Waals surface area contributed by atoms with E-state index in [1.165, 1.54) is 18.5 Å². The Bertz CT molecular complexity index is 666. The number of aromatic nitrogens is 3. The van der Waals surface area contributed by atoms with Crippen molar-refractivity contribution in [1.82, 2.24) is 19.5 Å². The van der Waals surface area contributed by atoms with Crippen molar-refractivity contribution in [2.45, 2.75) is 11.4 Å². The summed E-state index contributed by atoms with van der Waals surface area (Å²) in [4.78, 5) is 3.79. The van der Waals surface area contributed by atoms with Crippen molar-refractivity contribution < 1.29 is 8.42 Å². The van der Waals surface area contributed by atoms with E-state index in [1.54, 1.807) is 24.1 Å². The van der Waals surface area contributed by atoms with Gasteiger partial charge < -0.3 is 5.43 Å². The van der Waals surface area contributed by atoms with E-state index in [-0.39, 0.29) is 17.1 Å². The zero-order valence-corrected chi connectivity index (χ0v) is 11.1. The van der Waals surface area contributed by atoms with Crippen molar-refractivity contribution in [2.75, 3.05) is 5.43 Å². The molecule has 4 N–H and O–H groups in total. The number of hydrogen-bond acceptors (Lipinski definition) is 6. The highest BCUT2D eigenvalue weighted by Gasteiger charge is 2.18. The van der Waals surface area contributed by atoms with Gasteiger partial charge in [-0.2, -0.15) is 5.10 Å². The van der Waals surface area contributed by atoms with E-state index in [4.69, 9.17) is 5.84 Å². The second kappa shape index (κ2) is 5.34. The van der Waals surface area contributed by atoms with Crippen LogP contribution in [0.4, 0.5) is 5.69 Å². The third kappa shape index (κ3) is 3.08. The standard InChI is InChI=1S/C10H14N6O2S/c1-16-7-8(4-13-16)5-14-19(17,18)10-6-12-3-2-9(10)15-11/h2-4,6-7,14H,5,11H2,1H3,(H,12,15). The van der Waals surface area contributed by atoms with E-state index in [0.717, 1.165) is 5.56 Å². The maximum atomic E-state index is 12.1. The molecule has 0 aliphatic heterocycles. The monoisotopic (exact) mass is 282 g/mol. The zero-order chi connectivity index (χ0) is 13.9. The van der Waals surface area contributed by atoms with Crippen LogP contribution in [0.5, 0.6) is 0 Å². The van der Waals surface area contributed by atoms with Crippen LogP contribution in [0.25, 0.3) is 0 Å². The van der Waals surface area contributed by atoms with Gasteiger partial charge in [-0.3, -0.25) is 15.5 Å². The first-order valence-electron chi connectivity index (χ1n) is 5.41. The summed E-state index contributed by atoms with van der Waals surface area (Å²) in [7, 11) is -1.92. The van der Waals surface area contributed by atoms with Gasteiger partial charge in [0.2, 0.25) is 10.0 Å². The van der Waals surface area contributed by atoms with Gasteiger partial charge in [0.05, 0.1) is 11.9 Å². The fourth-order valence-electron chi connectivity index (χ4n) is 1.53. The van der Waals surface area contributed by atoms with Gasteiger partial charge in [0, 0.05) is 37.7 Å². The summed E-state index contributed by atoms with van der Waals surface area (Å²) in [5.41, 5.74) is 3.38. The predicted molar refractivity (Wildman–Crippen MR) is 69.3 cm³/mol. The molecule has 0 atom stereocenters. The number of rotatable bonds is 5. The summed E-state index contributed by atoms with van der Waals surface area (Å²) in [6.45, 7) is 0.148. The molecule has 0 spiro atoms. The second-order valence-corrected chi connectivity index (χ2v) is 5.60. The molecular formula is C10H14N6O2S. The zero-order valence-electron chi connectivity index (χ0n) is 10.2. The van der Waals surface area contributed by atoms with Crippen molar-refractivity contribution in [3.05, 3.63) is 36.4 Å². The number of anilines is 1. The largest absolute Gasteiger partial charge is 0.323 e. The average Bonchev–Trinajstić information content (AvgIpc) is 2.82. The average molecular weight is 282 g/mol. The lowest BCUT2D eigenvalue weighted by molar-refractivity contribution is 0.581. The summed E-state index contributed by atoms with van der Waals surface area (Å²) < 4.78 is 28.3. The SMILES string of the molecule is Cn1cc(CNS(=O)(=O)c2cnccc2NN)cn1. The fraction of sp³-hybridized carbons (Fsp3) is 0.200. The van der Waals surface area contributed by atoms with Crippen molar-refractivity contribution in [2.24, 2.45) is 12.9 Å². The van der Waals surface area contributed by atoms with Crippen LogP contribution in [-0.2, 0) is 23.6 Å². The molecule has 0 saturated heterocycles. The molecule has 19 heavy (non-hydrogen) atoms. The Hall–Kier alpha value is -1.97. The van der Waals surface area contributed by atoms with Gasteiger partial charge in [0.25, 0.3) is 0 Å². The molecule has 0 aliphatic carbocycles. The molecule has 8 nitrogen and oxygen atoms in total. The Kier molecular flexibility index (Phi) is 3.79. The van der Waals surface area contributed by atoms with Gasteiger partial charge in [-0.1, -0.05) is 0 Å². The van der Waals surface area contributed by atoms with Crippen molar-refractivity contribution in [1.29, 1.82) is 0 Å². The van der Waals surface area contributed by atoms with Gasteiger partial charge in [-0.05, 0) is 6.07 Å². The summed E-state index contributed by atoms with van der Waals surface area (Å²) in [5.74, 6) is 5.27. The Morgan fingerprint density at radius 2 is 2.21 bits per heavy atom. The van der Waals surface area contributed by atoms with E-state index in [1.807, 2.05) is 0 Å². The fourth-order valence-corrected chi connectivity index (χ4v) is 2.66. The lowest BCUT2D eigenvalue weighted by atomic mass is 10.4. The smallest absolute Gasteiger partial charge is 0.244 e. The summed E-state index contributed by atoms with van der Waals surface area (Å²) in [6.07, 6.45) is 6.01. The minimum Gasteiger partial charge on any atom is -0.323 e. The van der Waals surface area contributed by atoms with E-state index < -0.39 is 10.0 Å². The third-order valence-electron chi connectivity index (χ3n) is 2.45. The topological polar surface area (TPSA) is 115 Å². The van der Waals surface area contributed by atoms with E-state index in [0.29, 0.717) is 0 Å². The Morgan fingerprint density at radius 3 is 2.84 bits per heavy atom. The van der Waals surface area contributed by atoms with Gasteiger partial charge in [0.15, 0.2) is 0 Å². The second-order valence-electron chi connectivity index (χ2n) is 3.86. The lowest BCUT2D eigenvalue weighted by Gasteiger charge is -2.09. The molecule has 2 aromatic rings. The molecule has 9 heteroatoms. The number of hydrogen-bond donors (Lipinski definition) is 3. The van der Waals surface area contributed by atoms with Crippen LogP contribution in [0.2, 0.25) is 0 Å². The van der Waals surface area contributed by atoms with Gasteiger partial charge in [-0.25, -0.2) is 13.1 Å². The van der Waals surface area contributed by atoms with E-state index in [2.05, 4.69) is 20.2 Å². The molecule has 0 radical (unpaired) electrons. The number of sulfonamides is 1. The molecule has 2 heterocycles. The molecule has 0 fully saturated rings. The first kappa shape index (κ1) is 13.5. The molecule has 0 unspecified atom stereocenters. The maximum absolute atomic E-state index is 12.1. The molecule has 2 rings (SSSR count). The van der Waals surface area contributed by atoms with Crippen LogP contribution in [-0.4, -0.2) is 23.2 Å². The molecule has 0 aliphatic rings. The summed E-state index contributed by atoms with van der Waals surface area (Å²) >= 11 is 0. The van der Waals surface area contributed by atoms with Crippen LogP contribution < -0.4 is 16.0 Å². The van der Waals surface area contributed by atoms with Crippen LogP contribution in [0.1, 0.15) is 5.56 Å². The highest BCUT2D eigenvalue weighted by atomic mass is 32.2. The van der Waals surface area contributed by atoms with Gasteiger partial charge in [0.1, 0.15) is 4.90 Å². The third-order valence-corrected chi connectivity index (χ3v) is 3.88. The number of pyridine rings is 1. The predicted octanol–water partition coefficient (Wildman–Crippen LogP) is -0.421. The molecule has 0 amide bonds. The Balaban J connectivity index is 2.18. The summed E-state index contributed by atoms with van der Waals surface area (Å²) in [5, 5.41) is 3.96. The molecule has 0 aromatic carbocycles. The lowest BCUT2D eigenvalue weighted by Crippen LogP contribution is -2.25. The molecule has 0 bridgehead atoms. The van der Waals surface area contributed by atoms with E-state index in [9.17, 15) is 8.42 Å². The minimum absolute atomic E-state index is 0.00129. The maximum Gasteiger partial charge on any atom is 0.244 e. The van der Waals surface area contributed by atoms with E-state index >= 15 is 0 Å². The van der Waals surface area contributed by atoms with Crippen molar-refractivity contribution in [3.8, 4) is 0 Å². The molecule has 0 saturated carbocycles. The van der Waals surface area contributed by atoms with Crippen LogP contribution in [0, 0.1) is 0 Å².